The lowest BCUT2D eigenvalue weighted by atomic mass is 10.0. The fourth-order valence-electron chi connectivity index (χ4n) is 7.52. The number of hydrogen-bond donors (Lipinski definition) is 0. The maximum Gasteiger partial charge on any atom is 0.306 e. The molecule has 0 amide bonds. The van der Waals surface area contributed by atoms with Crippen molar-refractivity contribution in [3.8, 4) is 0 Å². The van der Waals surface area contributed by atoms with Crippen LogP contribution in [0.4, 0.5) is 0 Å². The Morgan fingerprint density at radius 2 is 0.650 bits per heavy atom. The first-order valence-electron chi connectivity index (χ1n) is 26.0. The molecule has 6 heteroatoms. The summed E-state index contributed by atoms with van der Waals surface area (Å²) in [6.07, 6.45) is 57.4. The molecule has 0 aliphatic heterocycles. The summed E-state index contributed by atoms with van der Waals surface area (Å²) in [4.78, 5) is 37.7. The van der Waals surface area contributed by atoms with E-state index in [0.717, 1.165) is 89.9 Å². The van der Waals surface area contributed by atoms with Crippen LogP contribution in [0.25, 0.3) is 0 Å². The second kappa shape index (κ2) is 49.3. The van der Waals surface area contributed by atoms with Crippen LogP contribution >= 0.6 is 0 Å². The Morgan fingerprint density at radius 1 is 0.350 bits per heavy atom. The normalized spacial score (nSPS) is 12.2. The van der Waals surface area contributed by atoms with Gasteiger partial charge in [0.2, 0.25) is 0 Å². The first-order chi connectivity index (χ1) is 29.5. The van der Waals surface area contributed by atoms with Crippen LogP contribution in [-0.2, 0) is 28.6 Å². The lowest BCUT2D eigenvalue weighted by Gasteiger charge is -2.18. The van der Waals surface area contributed by atoms with Crippen LogP contribution in [0.1, 0.15) is 271 Å². The number of carbonyl (C=O) groups excluding carboxylic acids is 3. The molecule has 0 aromatic carbocycles. The minimum atomic E-state index is -0.770. The SMILES string of the molecule is CC/C=C\C/C=C\C/C=C\CCCCCCCCCC(=O)OC(COC(=O)CCCCCCC)COC(=O)CCCCCCCCCCCCCCCCCCCCCC. The molecule has 0 aromatic heterocycles. The van der Waals surface area contributed by atoms with Gasteiger partial charge in [0.05, 0.1) is 0 Å². The van der Waals surface area contributed by atoms with Crippen LogP contribution in [0.15, 0.2) is 36.5 Å². The molecular formula is C54H98O6. The van der Waals surface area contributed by atoms with Gasteiger partial charge >= 0.3 is 17.9 Å². The molecule has 1 atom stereocenters. The van der Waals surface area contributed by atoms with Crippen molar-refractivity contribution in [2.24, 2.45) is 0 Å². The number of allylic oxidation sites excluding steroid dienone is 6. The van der Waals surface area contributed by atoms with Gasteiger partial charge in [0.25, 0.3) is 0 Å². The number of unbranched alkanes of at least 4 members (excludes halogenated alkanes) is 30. The fourth-order valence-corrected chi connectivity index (χ4v) is 7.52. The van der Waals surface area contributed by atoms with Crippen molar-refractivity contribution < 1.29 is 28.6 Å². The lowest BCUT2D eigenvalue weighted by molar-refractivity contribution is -0.167. The third kappa shape index (κ3) is 46.7. The van der Waals surface area contributed by atoms with Crippen molar-refractivity contribution in [2.75, 3.05) is 13.2 Å². The minimum absolute atomic E-state index is 0.0733. The second-order valence-electron chi connectivity index (χ2n) is 17.4. The van der Waals surface area contributed by atoms with Crippen LogP contribution in [0.5, 0.6) is 0 Å². The van der Waals surface area contributed by atoms with Gasteiger partial charge in [-0.2, -0.15) is 0 Å². The van der Waals surface area contributed by atoms with Gasteiger partial charge < -0.3 is 14.2 Å². The van der Waals surface area contributed by atoms with Gasteiger partial charge in [0.1, 0.15) is 13.2 Å². The van der Waals surface area contributed by atoms with Gasteiger partial charge in [-0.05, 0) is 51.4 Å². The summed E-state index contributed by atoms with van der Waals surface area (Å²) >= 11 is 0. The van der Waals surface area contributed by atoms with E-state index in [0.29, 0.717) is 19.3 Å². The third-order valence-electron chi connectivity index (χ3n) is 11.4. The molecule has 0 aliphatic carbocycles. The van der Waals surface area contributed by atoms with E-state index < -0.39 is 6.10 Å². The van der Waals surface area contributed by atoms with Crippen LogP contribution in [-0.4, -0.2) is 37.2 Å². The molecule has 0 N–H and O–H groups in total. The lowest BCUT2D eigenvalue weighted by Crippen LogP contribution is -2.30. The molecule has 0 radical (unpaired) electrons. The number of ether oxygens (including phenoxy) is 3. The van der Waals surface area contributed by atoms with E-state index >= 15 is 0 Å². The molecule has 1 unspecified atom stereocenters. The topological polar surface area (TPSA) is 78.9 Å². The number of carbonyl (C=O) groups is 3. The Kier molecular flexibility index (Phi) is 47.3. The summed E-state index contributed by atoms with van der Waals surface area (Å²) in [6, 6.07) is 0. The molecule has 0 aromatic rings. The summed E-state index contributed by atoms with van der Waals surface area (Å²) in [6.45, 7) is 6.46. The Labute approximate surface area is 372 Å². The zero-order chi connectivity index (χ0) is 43.7. The highest BCUT2D eigenvalue weighted by Crippen LogP contribution is 2.16. The molecular weight excluding hydrogens is 745 g/mol. The Morgan fingerprint density at radius 3 is 1.02 bits per heavy atom. The first-order valence-corrected chi connectivity index (χ1v) is 26.0. The van der Waals surface area contributed by atoms with Gasteiger partial charge in [-0.15, -0.1) is 0 Å². The average molecular weight is 843 g/mol. The number of rotatable bonds is 47. The fraction of sp³-hybridized carbons (Fsp3) is 0.833. The van der Waals surface area contributed by atoms with E-state index in [9.17, 15) is 14.4 Å². The maximum absolute atomic E-state index is 12.7. The van der Waals surface area contributed by atoms with Crippen LogP contribution in [0, 0.1) is 0 Å². The van der Waals surface area contributed by atoms with Crippen molar-refractivity contribution in [1.29, 1.82) is 0 Å². The van der Waals surface area contributed by atoms with Gasteiger partial charge in [0, 0.05) is 19.3 Å². The smallest absolute Gasteiger partial charge is 0.306 e. The Hall–Kier alpha value is -2.37. The third-order valence-corrected chi connectivity index (χ3v) is 11.4. The Bertz CT molecular complexity index is 1020. The Balaban J connectivity index is 4.12. The van der Waals surface area contributed by atoms with Crippen LogP contribution in [0.2, 0.25) is 0 Å². The summed E-state index contributed by atoms with van der Waals surface area (Å²) in [5.74, 6) is -0.887. The monoisotopic (exact) mass is 843 g/mol. The predicted octanol–water partition coefficient (Wildman–Crippen LogP) is 16.9. The van der Waals surface area contributed by atoms with E-state index in [1.807, 2.05) is 0 Å². The largest absolute Gasteiger partial charge is 0.462 e. The quantitative estimate of drug-likeness (QED) is 0.0263. The summed E-state index contributed by atoms with van der Waals surface area (Å²) in [5, 5.41) is 0. The van der Waals surface area contributed by atoms with E-state index in [4.69, 9.17) is 14.2 Å². The van der Waals surface area contributed by atoms with E-state index in [1.165, 1.54) is 141 Å². The van der Waals surface area contributed by atoms with Gasteiger partial charge in [0.15, 0.2) is 6.10 Å². The highest BCUT2D eigenvalue weighted by Gasteiger charge is 2.19. The van der Waals surface area contributed by atoms with Crippen LogP contribution < -0.4 is 0 Å². The highest BCUT2D eigenvalue weighted by atomic mass is 16.6. The molecule has 6 nitrogen and oxygen atoms in total. The molecule has 0 saturated carbocycles. The average Bonchev–Trinajstić information content (AvgIpc) is 3.24. The summed E-state index contributed by atoms with van der Waals surface area (Å²) in [5.41, 5.74) is 0. The van der Waals surface area contributed by atoms with Gasteiger partial charge in [-0.1, -0.05) is 237 Å². The molecule has 0 heterocycles. The van der Waals surface area contributed by atoms with Gasteiger partial charge in [-0.3, -0.25) is 14.4 Å². The predicted molar refractivity (Wildman–Crippen MR) is 256 cm³/mol. The van der Waals surface area contributed by atoms with Crippen LogP contribution in [0.3, 0.4) is 0 Å². The summed E-state index contributed by atoms with van der Waals surface area (Å²) in [7, 11) is 0. The molecule has 0 aliphatic rings. The zero-order valence-corrected chi connectivity index (χ0v) is 40.0. The van der Waals surface area contributed by atoms with Crippen molar-refractivity contribution in [3.05, 3.63) is 36.5 Å². The van der Waals surface area contributed by atoms with Crippen molar-refractivity contribution in [3.63, 3.8) is 0 Å². The maximum atomic E-state index is 12.7. The second-order valence-corrected chi connectivity index (χ2v) is 17.4. The number of esters is 3. The molecule has 0 saturated heterocycles. The minimum Gasteiger partial charge on any atom is -0.462 e. The molecule has 0 bridgehead atoms. The molecule has 0 fully saturated rings. The van der Waals surface area contributed by atoms with Crippen molar-refractivity contribution >= 4 is 17.9 Å². The molecule has 0 spiro atoms. The first kappa shape index (κ1) is 57.6. The van der Waals surface area contributed by atoms with E-state index in [-0.39, 0.29) is 31.1 Å². The molecule has 60 heavy (non-hydrogen) atoms. The van der Waals surface area contributed by atoms with E-state index in [2.05, 4.69) is 57.2 Å². The van der Waals surface area contributed by atoms with Crippen molar-refractivity contribution in [2.45, 2.75) is 277 Å². The van der Waals surface area contributed by atoms with Gasteiger partial charge in [-0.25, -0.2) is 0 Å². The van der Waals surface area contributed by atoms with E-state index in [1.54, 1.807) is 0 Å². The summed E-state index contributed by atoms with van der Waals surface area (Å²) < 4.78 is 16.7. The molecule has 0 rings (SSSR count). The zero-order valence-electron chi connectivity index (χ0n) is 40.0. The van der Waals surface area contributed by atoms with Crippen molar-refractivity contribution in [1.82, 2.24) is 0 Å². The standard InChI is InChI=1S/C54H98O6/c1-4-7-10-13-15-17-19-21-23-25-26-27-29-30-32-34-36-38-41-44-47-53(56)59-50-51(49-58-52(55)46-43-40-12-9-6-3)60-54(57)48-45-42-39-37-35-33-31-28-24-22-20-18-16-14-11-8-5-2/h8,11,16,18,22,24,51H,4-7,9-10,12-15,17,19-21,23,25-50H2,1-3H3/b11-8-,18-16-,24-22-. The highest BCUT2D eigenvalue weighted by molar-refractivity contribution is 5.71. The molecule has 350 valence electrons. The number of hydrogen-bond acceptors (Lipinski definition) is 6.